The third-order valence-electron chi connectivity index (χ3n) is 3.19. The van der Waals surface area contributed by atoms with E-state index in [0.717, 1.165) is 21.1 Å². The minimum atomic E-state index is -1.16. The monoisotopic (exact) mass is 302 g/mol. The molecular formula is C14H10N2O4S. The van der Waals surface area contributed by atoms with Crippen LogP contribution in [-0.4, -0.2) is 27.9 Å². The van der Waals surface area contributed by atoms with E-state index in [4.69, 9.17) is 0 Å². The highest BCUT2D eigenvalue weighted by atomic mass is 32.1. The second kappa shape index (κ2) is 4.78. The number of nitrogens with zero attached hydrogens (tertiary/aromatic N) is 2. The number of carboxylic acids is 1. The first-order valence-corrected chi connectivity index (χ1v) is 7.06. The number of hydrogen-bond donors (Lipinski definition) is 1. The summed E-state index contributed by atoms with van der Waals surface area (Å²) in [7, 11) is 0. The van der Waals surface area contributed by atoms with E-state index in [1.165, 1.54) is 18.3 Å². The van der Waals surface area contributed by atoms with Gasteiger partial charge in [-0.2, -0.15) is 0 Å². The molecule has 1 aliphatic heterocycles. The predicted molar refractivity (Wildman–Crippen MR) is 76.0 cm³/mol. The number of rotatable bonds is 3. The van der Waals surface area contributed by atoms with E-state index in [-0.39, 0.29) is 21.8 Å². The molecule has 0 aliphatic carbocycles. The fraction of sp³-hybridized carbons (Fsp3) is 0.143. The van der Waals surface area contributed by atoms with Crippen molar-refractivity contribution in [1.82, 2.24) is 4.98 Å². The van der Waals surface area contributed by atoms with Crippen molar-refractivity contribution in [2.24, 2.45) is 0 Å². The average molecular weight is 302 g/mol. The van der Waals surface area contributed by atoms with Crippen molar-refractivity contribution < 1.29 is 19.5 Å². The molecule has 0 saturated heterocycles. The topological polar surface area (TPSA) is 87.6 Å². The first-order chi connectivity index (χ1) is 10.0. The lowest BCUT2D eigenvalue weighted by Gasteiger charge is -2.11. The van der Waals surface area contributed by atoms with Gasteiger partial charge in [-0.05, 0) is 24.6 Å². The molecule has 2 amide bonds. The number of anilines is 1. The average Bonchev–Trinajstić information content (AvgIpc) is 3.00. The number of aromatic carboxylic acids is 1. The van der Waals surface area contributed by atoms with Gasteiger partial charge in [0.05, 0.1) is 11.1 Å². The van der Waals surface area contributed by atoms with Gasteiger partial charge in [0.25, 0.3) is 11.8 Å². The van der Waals surface area contributed by atoms with Gasteiger partial charge in [0.1, 0.15) is 10.7 Å². The maximum Gasteiger partial charge on any atom is 0.338 e. The Hall–Kier alpha value is -2.54. The molecule has 7 heteroatoms. The van der Waals surface area contributed by atoms with Gasteiger partial charge in [-0.15, -0.1) is 11.3 Å². The SMILES string of the molecule is CCc1cc(C(=O)O)c(N2C(=O)c3cccnc3C2=O)s1. The number of fused-ring (bicyclic) bond motifs is 1. The molecule has 0 fully saturated rings. The van der Waals surface area contributed by atoms with Crippen LogP contribution >= 0.6 is 11.3 Å². The van der Waals surface area contributed by atoms with Crippen molar-refractivity contribution in [3.8, 4) is 0 Å². The number of carbonyl (C=O) groups is 3. The van der Waals surface area contributed by atoms with Crippen LogP contribution in [0, 0.1) is 0 Å². The van der Waals surface area contributed by atoms with Crippen LogP contribution in [0.1, 0.15) is 43.0 Å². The summed E-state index contributed by atoms with van der Waals surface area (Å²) in [6.07, 6.45) is 2.06. The fourth-order valence-corrected chi connectivity index (χ4v) is 3.26. The first-order valence-electron chi connectivity index (χ1n) is 6.24. The molecule has 0 bridgehead atoms. The smallest absolute Gasteiger partial charge is 0.338 e. The van der Waals surface area contributed by atoms with Crippen LogP contribution in [0.3, 0.4) is 0 Å². The number of carbonyl (C=O) groups excluding carboxylic acids is 2. The molecule has 106 valence electrons. The summed E-state index contributed by atoms with van der Waals surface area (Å²) in [6, 6.07) is 4.58. The number of amides is 2. The molecule has 1 N–H and O–H groups in total. The maximum absolute atomic E-state index is 12.4. The van der Waals surface area contributed by atoms with Gasteiger partial charge in [0.2, 0.25) is 0 Å². The normalized spacial score (nSPS) is 13.7. The van der Waals surface area contributed by atoms with Crippen LogP contribution < -0.4 is 4.90 Å². The Morgan fingerprint density at radius 2 is 2.14 bits per heavy atom. The first kappa shape index (κ1) is 13.4. The molecule has 6 nitrogen and oxygen atoms in total. The Morgan fingerprint density at radius 1 is 1.38 bits per heavy atom. The molecule has 1 aliphatic rings. The van der Waals surface area contributed by atoms with Crippen LogP contribution in [0.4, 0.5) is 5.00 Å². The highest BCUT2D eigenvalue weighted by Crippen LogP contribution is 2.36. The Labute approximate surface area is 123 Å². The highest BCUT2D eigenvalue weighted by Gasteiger charge is 2.40. The second-order valence-electron chi connectivity index (χ2n) is 4.44. The van der Waals surface area contributed by atoms with Gasteiger partial charge < -0.3 is 5.11 Å². The van der Waals surface area contributed by atoms with Crippen LogP contribution in [-0.2, 0) is 6.42 Å². The van der Waals surface area contributed by atoms with Gasteiger partial charge in [-0.3, -0.25) is 14.6 Å². The molecular weight excluding hydrogens is 292 g/mol. The molecule has 0 aromatic carbocycles. The molecule has 2 aromatic rings. The molecule has 2 aromatic heterocycles. The van der Waals surface area contributed by atoms with Crippen LogP contribution in [0.15, 0.2) is 24.4 Å². The second-order valence-corrected chi connectivity index (χ2v) is 5.55. The van der Waals surface area contributed by atoms with Crippen molar-refractivity contribution >= 4 is 34.1 Å². The standard InChI is InChI=1S/C14H10N2O4S/c1-2-7-6-9(14(19)20)13(21-7)16-11(17)8-4-3-5-15-10(8)12(16)18/h3-6H,2H2,1H3,(H,19,20). The summed E-state index contributed by atoms with van der Waals surface area (Å²) in [6.45, 7) is 1.88. The minimum absolute atomic E-state index is 0.0358. The summed E-state index contributed by atoms with van der Waals surface area (Å²) < 4.78 is 0. The van der Waals surface area contributed by atoms with Crippen LogP contribution in [0.5, 0.6) is 0 Å². The van der Waals surface area contributed by atoms with Crippen molar-refractivity contribution in [3.63, 3.8) is 0 Å². The number of imide groups is 1. The zero-order valence-corrected chi connectivity index (χ0v) is 11.8. The summed E-state index contributed by atoms with van der Waals surface area (Å²) in [5.74, 6) is -2.27. The van der Waals surface area contributed by atoms with E-state index < -0.39 is 17.8 Å². The maximum atomic E-state index is 12.4. The quantitative estimate of drug-likeness (QED) is 0.878. The minimum Gasteiger partial charge on any atom is -0.478 e. The number of hydrogen-bond acceptors (Lipinski definition) is 5. The van der Waals surface area contributed by atoms with E-state index in [0.29, 0.717) is 6.42 Å². The lowest BCUT2D eigenvalue weighted by Crippen LogP contribution is -2.30. The Kier molecular flexibility index (Phi) is 3.06. The number of aromatic nitrogens is 1. The molecule has 0 atom stereocenters. The Bertz CT molecular complexity index is 746. The zero-order chi connectivity index (χ0) is 15.1. The van der Waals surface area contributed by atoms with Crippen molar-refractivity contribution in [2.75, 3.05) is 4.90 Å². The lowest BCUT2D eigenvalue weighted by molar-refractivity contribution is 0.0698. The van der Waals surface area contributed by atoms with Crippen molar-refractivity contribution in [3.05, 3.63) is 46.1 Å². The Balaban J connectivity index is 2.15. The van der Waals surface area contributed by atoms with E-state index in [1.54, 1.807) is 6.07 Å². The van der Waals surface area contributed by atoms with E-state index in [2.05, 4.69) is 4.98 Å². The summed E-state index contributed by atoms with van der Waals surface area (Å²) in [4.78, 5) is 41.6. The fourth-order valence-electron chi connectivity index (χ4n) is 2.18. The highest BCUT2D eigenvalue weighted by molar-refractivity contribution is 7.17. The molecule has 0 radical (unpaired) electrons. The van der Waals surface area contributed by atoms with Gasteiger partial charge in [0, 0.05) is 11.1 Å². The number of carboxylic acid groups (broad SMARTS) is 1. The van der Waals surface area contributed by atoms with E-state index in [1.807, 2.05) is 6.92 Å². The van der Waals surface area contributed by atoms with Gasteiger partial charge in [-0.25, -0.2) is 9.69 Å². The van der Waals surface area contributed by atoms with Gasteiger partial charge in [-0.1, -0.05) is 6.92 Å². The number of aryl methyl sites for hydroxylation is 1. The van der Waals surface area contributed by atoms with Gasteiger partial charge >= 0.3 is 5.97 Å². The lowest BCUT2D eigenvalue weighted by atomic mass is 10.2. The van der Waals surface area contributed by atoms with E-state index >= 15 is 0 Å². The summed E-state index contributed by atoms with van der Waals surface area (Å²) in [5, 5.41) is 9.41. The third-order valence-corrected chi connectivity index (χ3v) is 4.46. The molecule has 21 heavy (non-hydrogen) atoms. The zero-order valence-electron chi connectivity index (χ0n) is 11.0. The number of thiophene rings is 1. The summed E-state index contributed by atoms with van der Waals surface area (Å²) in [5.41, 5.74) is 0.224. The van der Waals surface area contributed by atoms with Crippen LogP contribution in [0.25, 0.3) is 0 Å². The van der Waals surface area contributed by atoms with E-state index in [9.17, 15) is 19.5 Å². The van der Waals surface area contributed by atoms with Crippen molar-refractivity contribution in [2.45, 2.75) is 13.3 Å². The molecule has 3 heterocycles. The Morgan fingerprint density at radius 3 is 2.76 bits per heavy atom. The summed E-state index contributed by atoms with van der Waals surface area (Å²) >= 11 is 1.14. The molecule has 0 spiro atoms. The third kappa shape index (κ3) is 1.93. The van der Waals surface area contributed by atoms with Crippen LogP contribution in [0.2, 0.25) is 0 Å². The largest absolute Gasteiger partial charge is 0.478 e. The van der Waals surface area contributed by atoms with Crippen molar-refractivity contribution in [1.29, 1.82) is 0 Å². The number of pyridine rings is 1. The molecule has 0 unspecified atom stereocenters. The van der Waals surface area contributed by atoms with Gasteiger partial charge in [0.15, 0.2) is 0 Å². The molecule has 0 saturated carbocycles. The predicted octanol–water partition coefficient (Wildman–Crippen LogP) is 2.20. The molecule has 3 rings (SSSR count).